The van der Waals surface area contributed by atoms with Crippen molar-refractivity contribution in [2.24, 2.45) is 0 Å². The molecule has 0 amide bonds. The highest BCUT2D eigenvalue weighted by atomic mass is 35.5. The predicted octanol–water partition coefficient (Wildman–Crippen LogP) is 4.08. The topological polar surface area (TPSA) is 9.23 Å². The predicted molar refractivity (Wildman–Crippen MR) is 61.3 cm³/mol. The Morgan fingerprint density at radius 3 is 2.71 bits per heavy atom. The van der Waals surface area contributed by atoms with Gasteiger partial charge in [-0.05, 0) is 29.8 Å². The Kier molecular flexibility index (Phi) is 2.75. The Hall–Kier alpha value is -0.990. The molecule has 0 spiro atoms. The number of rotatable bonds is 2. The number of hydrogen-bond acceptors (Lipinski definition) is 2. The van der Waals surface area contributed by atoms with Gasteiger partial charge >= 0.3 is 0 Å². The summed E-state index contributed by atoms with van der Waals surface area (Å²) in [5.74, 6) is 0.868. The lowest BCUT2D eigenvalue weighted by Crippen LogP contribution is -1.81. The van der Waals surface area contributed by atoms with E-state index in [0.29, 0.717) is 0 Å². The normalized spacial score (nSPS) is 10.1. The average Bonchev–Trinajstić information content (AvgIpc) is 2.65. The Morgan fingerprint density at radius 1 is 1.21 bits per heavy atom. The molecule has 0 unspecified atom stereocenters. The van der Waals surface area contributed by atoms with Crippen LogP contribution in [0.1, 0.15) is 0 Å². The molecule has 0 aliphatic heterocycles. The fraction of sp³-hybridized carbons (Fsp3) is 0.0909. The van der Waals surface area contributed by atoms with Crippen LogP contribution in [0.2, 0.25) is 4.34 Å². The Labute approximate surface area is 91.9 Å². The van der Waals surface area contributed by atoms with E-state index in [4.69, 9.17) is 16.3 Å². The zero-order valence-corrected chi connectivity index (χ0v) is 9.23. The van der Waals surface area contributed by atoms with Crippen LogP contribution in [0.15, 0.2) is 36.4 Å². The van der Waals surface area contributed by atoms with Gasteiger partial charge < -0.3 is 4.74 Å². The molecule has 2 aromatic rings. The fourth-order valence-electron chi connectivity index (χ4n) is 1.25. The molecule has 0 bridgehead atoms. The molecule has 14 heavy (non-hydrogen) atoms. The van der Waals surface area contributed by atoms with Crippen LogP contribution in [-0.4, -0.2) is 7.11 Å². The maximum Gasteiger partial charge on any atom is 0.119 e. The van der Waals surface area contributed by atoms with Crippen LogP contribution in [0.25, 0.3) is 10.4 Å². The van der Waals surface area contributed by atoms with Gasteiger partial charge in [0.25, 0.3) is 0 Å². The van der Waals surface area contributed by atoms with Crippen molar-refractivity contribution in [3.05, 3.63) is 40.7 Å². The first-order valence-electron chi connectivity index (χ1n) is 4.19. The van der Waals surface area contributed by atoms with E-state index in [1.807, 2.05) is 36.4 Å². The van der Waals surface area contributed by atoms with Crippen LogP contribution in [0.5, 0.6) is 5.75 Å². The van der Waals surface area contributed by atoms with Gasteiger partial charge in [0.05, 0.1) is 11.4 Å². The van der Waals surface area contributed by atoms with Crippen LogP contribution in [0.3, 0.4) is 0 Å². The summed E-state index contributed by atoms with van der Waals surface area (Å²) in [6.07, 6.45) is 0. The number of thiophene rings is 1. The Balaban J connectivity index is 2.41. The second kappa shape index (κ2) is 4.03. The van der Waals surface area contributed by atoms with E-state index in [2.05, 4.69) is 0 Å². The lowest BCUT2D eigenvalue weighted by atomic mass is 10.2. The van der Waals surface area contributed by atoms with Gasteiger partial charge in [-0.3, -0.25) is 0 Å². The molecule has 0 aliphatic rings. The molecule has 1 aromatic carbocycles. The number of benzene rings is 1. The van der Waals surface area contributed by atoms with Crippen molar-refractivity contribution in [2.75, 3.05) is 7.11 Å². The van der Waals surface area contributed by atoms with E-state index < -0.39 is 0 Å². The minimum absolute atomic E-state index is 0.808. The second-order valence-corrected chi connectivity index (χ2v) is 4.55. The minimum atomic E-state index is 0.808. The van der Waals surface area contributed by atoms with Gasteiger partial charge in [0, 0.05) is 4.88 Å². The van der Waals surface area contributed by atoms with Crippen molar-refractivity contribution < 1.29 is 4.74 Å². The lowest BCUT2D eigenvalue weighted by molar-refractivity contribution is 0.415. The van der Waals surface area contributed by atoms with Gasteiger partial charge in [0.15, 0.2) is 0 Å². The first kappa shape index (κ1) is 9.56. The van der Waals surface area contributed by atoms with Crippen LogP contribution in [0.4, 0.5) is 0 Å². The van der Waals surface area contributed by atoms with Crippen molar-refractivity contribution in [1.29, 1.82) is 0 Å². The quantitative estimate of drug-likeness (QED) is 0.747. The summed E-state index contributed by atoms with van der Waals surface area (Å²) in [5, 5.41) is 0. The van der Waals surface area contributed by atoms with Crippen LogP contribution < -0.4 is 4.74 Å². The van der Waals surface area contributed by atoms with E-state index in [1.54, 1.807) is 18.4 Å². The molecule has 2 rings (SSSR count). The number of methoxy groups -OCH3 is 1. The highest BCUT2D eigenvalue weighted by Gasteiger charge is 2.02. The van der Waals surface area contributed by atoms with E-state index >= 15 is 0 Å². The largest absolute Gasteiger partial charge is 0.497 e. The molecule has 72 valence electrons. The van der Waals surface area contributed by atoms with Crippen LogP contribution in [0, 0.1) is 0 Å². The summed E-state index contributed by atoms with van der Waals surface area (Å²) >= 11 is 7.44. The maximum absolute atomic E-state index is 5.87. The molecule has 3 heteroatoms. The van der Waals surface area contributed by atoms with Gasteiger partial charge in [-0.25, -0.2) is 0 Å². The molecule has 1 aromatic heterocycles. The molecule has 0 atom stereocenters. The number of halogens is 1. The molecule has 0 saturated carbocycles. The summed E-state index contributed by atoms with van der Waals surface area (Å²) in [6.45, 7) is 0. The van der Waals surface area contributed by atoms with Gasteiger partial charge in [-0.2, -0.15) is 0 Å². The monoisotopic (exact) mass is 224 g/mol. The van der Waals surface area contributed by atoms with E-state index in [9.17, 15) is 0 Å². The van der Waals surface area contributed by atoms with E-state index in [1.165, 1.54) is 0 Å². The smallest absolute Gasteiger partial charge is 0.119 e. The number of ether oxygens (including phenoxy) is 1. The maximum atomic E-state index is 5.87. The molecule has 1 nitrogen and oxygen atoms in total. The molecule has 0 fully saturated rings. The van der Waals surface area contributed by atoms with Crippen molar-refractivity contribution >= 4 is 22.9 Å². The van der Waals surface area contributed by atoms with E-state index in [-0.39, 0.29) is 0 Å². The summed E-state index contributed by atoms with van der Waals surface area (Å²) in [5.41, 5.74) is 1.14. The summed E-state index contributed by atoms with van der Waals surface area (Å²) < 4.78 is 5.96. The van der Waals surface area contributed by atoms with E-state index in [0.717, 1.165) is 20.5 Å². The van der Waals surface area contributed by atoms with Gasteiger partial charge in [-0.1, -0.05) is 23.7 Å². The molecule has 0 radical (unpaired) electrons. The minimum Gasteiger partial charge on any atom is -0.497 e. The molecular formula is C11H9ClOS. The molecular weight excluding hydrogens is 216 g/mol. The fourth-order valence-corrected chi connectivity index (χ4v) is 2.29. The second-order valence-electron chi connectivity index (χ2n) is 2.84. The van der Waals surface area contributed by atoms with Gasteiger partial charge in [0.2, 0.25) is 0 Å². The molecule has 0 aliphatic carbocycles. The Morgan fingerprint density at radius 2 is 2.07 bits per heavy atom. The van der Waals surface area contributed by atoms with Crippen molar-refractivity contribution in [2.45, 2.75) is 0 Å². The van der Waals surface area contributed by atoms with Crippen molar-refractivity contribution in [3.63, 3.8) is 0 Å². The standard InChI is InChI=1S/C11H9ClOS/c1-13-9-4-2-3-8(7-9)10-5-6-11(12)14-10/h2-7H,1H3. The van der Waals surface area contributed by atoms with Gasteiger partial charge in [-0.15, -0.1) is 11.3 Å². The Bertz CT molecular complexity index is 436. The first-order valence-corrected chi connectivity index (χ1v) is 5.39. The van der Waals surface area contributed by atoms with Crippen LogP contribution in [-0.2, 0) is 0 Å². The summed E-state index contributed by atoms with van der Waals surface area (Å²) in [6, 6.07) is 11.9. The summed E-state index contributed by atoms with van der Waals surface area (Å²) in [7, 11) is 1.67. The third kappa shape index (κ3) is 1.91. The highest BCUT2D eigenvalue weighted by molar-refractivity contribution is 7.19. The zero-order chi connectivity index (χ0) is 9.97. The average molecular weight is 225 g/mol. The molecule has 0 N–H and O–H groups in total. The third-order valence-electron chi connectivity index (χ3n) is 1.93. The molecule has 0 saturated heterocycles. The SMILES string of the molecule is COc1cccc(-c2ccc(Cl)s2)c1. The number of hydrogen-bond donors (Lipinski definition) is 0. The first-order chi connectivity index (χ1) is 6.79. The third-order valence-corrected chi connectivity index (χ3v) is 3.21. The van der Waals surface area contributed by atoms with Crippen LogP contribution >= 0.6 is 22.9 Å². The van der Waals surface area contributed by atoms with Crippen molar-refractivity contribution in [1.82, 2.24) is 0 Å². The van der Waals surface area contributed by atoms with Crippen molar-refractivity contribution in [3.8, 4) is 16.2 Å². The lowest BCUT2D eigenvalue weighted by Gasteiger charge is -2.01. The zero-order valence-electron chi connectivity index (χ0n) is 7.66. The molecule has 1 heterocycles. The van der Waals surface area contributed by atoms with Gasteiger partial charge in [0.1, 0.15) is 5.75 Å². The summed E-state index contributed by atoms with van der Waals surface area (Å²) in [4.78, 5) is 1.16. The highest BCUT2D eigenvalue weighted by Crippen LogP contribution is 2.32.